The van der Waals surface area contributed by atoms with E-state index in [1.54, 1.807) is 0 Å². The second-order valence-electron chi connectivity index (χ2n) is 5.63. The van der Waals surface area contributed by atoms with Gasteiger partial charge in [-0.15, -0.1) is 0 Å². The minimum Gasteiger partial charge on any atom is -0.313 e. The molecule has 0 aromatic rings. The molecule has 2 heteroatoms. The molecular formula is C13H28N2. The SMILES string of the molecule is CCNC(CC)CN1CCC(C)(C)CC1. The van der Waals surface area contributed by atoms with Crippen molar-refractivity contribution in [2.24, 2.45) is 5.41 Å². The van der Waals surface area contributed by atoms with Crippen LogP contribution in [0.4, 0.5) is 0 Å². The van der Waals surface area contributed by atoms with Gasteiger partial charge in [-0.2, -0.15) is 0 Å². The zero-order chi connectivity index (χ0) is 11.3. The summed E-state index contributed by atoms with van der Waals surface area (Å²) in [4.78, 5) is 2.63. The van der Waals surface area contributed by atoms with E-state index >= 15 is 0 Å². The van der Waals surface area contributed by atoms with E-state index in [0.29, 0.717) is 11.5 Å². The van der Waals surface area contributed by atoms with Crippen LogP contribution in [0.5, 0.6) is 0 Å². The Kier molecular flexibility index (Phi) is 5.07. The van der Waals surface area contributed by atoms with Crippen LogP contribution in [0.3, 0.4) is 0 Å². The van der Waals surface area contributed by atoms with Gasteiger partial charge in [0.15, 0.2) is 0 Å². The van der Waals surface area contributed by atoms with Gasteiger partial charge in [0, 0.05) is 12.6 Å². The molecule has 1 fully saturated rings. The van der Waals surface area contributed by atoms with E-state index in [1.165, 1.54) is 38.9 Å². The summed E-state index contributed by atoms with van der Waals surface area (Å²) in [5, 5.41) is 3.56. The number of nitrogens with zero attached hydrogens (tertiary/aromatic N) is 1. The first kappa shape index (κ1) is 13.0. The van der Waals surface area contributed by atoms with Gasteiger partial charge in [-0.3, -0.25) is 0 Å². The average molecular weight is 212 g/mol. The van der Waals surface area contributed by atoms with E-state index in [2.05, 4.69) is 37.9 Å². The van der Waals surface area contributed by atoms with Crippen molar-refractivity contribution in [2.75, 3.05) is 26.2 Å². The molecule has 1 heterocycles. The maximum absolute atomic E-state index is 3.56. The Morgan fingerprint density at radius 1 is 1.20 bits per heavy atom. The maximum Gasteiger partial charge on any atom is 0.0192 e. The summed E-state index contributed by atoms with van der Waals surface area (Å²) in [7, 11) is 0. The lowest BCUT2D eigenvalue weighted by Gasteiger charge is -2.38. The molecule has 1 atom stereocenters. The highest BCUT2D eigenvalue weighted by atomic mass is 15.2. The summed E-state index contributed by atoms with van der Waals surface area (Å²) < 4.78 is 0. The van der Waals surface area contributed by atoms with Crippen molar-refractivity contribution in [3.63, 3.8) is 0 Å². The largest absolute Gasteiger partial charge is 0.313 e. The van der Waals surface area contributed by atoms with E-state index in [0.717, 1.165) is 6.54 Å². The van der Waals surface area contributed by atoms with Crippen LogP contribution in [-0.4, -0.2) is 37.1 Å². The monoisotopic (exact) mass is 212 g/mol. The molecule has 1 saturated heterocycles. The van der Waals surface area contributed by atoms with Gasteiger partial charge in [0.25, 0.3) is 0 Å². The number of hydrogen-bond donors (Lipinski definition) is 1. The van der Waals surface area contributed by atoms with Crippen molar-refractivity contribution in [1.82, 2.24) is 10.2 Å². The minimum atomic E-state index is 0.580. The van der Waals surface area contributed by atoms with E-state index in [-0.39, 0.29) is 0 Å². The minimum absolute atomic E-state index is 0.580. The summed E-state index contributed by atoms with van der Waals surface area (Å²) >= 11 is 0. The van der Waals surface area contributed by atoms with Crippen molar-refractivity contribution in [2.45, 2.75) is 53.0 Å². The molecule has 0 aromatic carbocycles. The van der Waals surface area contributed by atoms with E-state index < -0.39 is 0 Å². The van der Waals surface area contributed by atoms with Crippen molar-refractivity contribution >= 4 is 0 Å². The molecule has 1 rings (SSSR count). The molecule has 0 amide bonds. The van der Waals surface area contributed by atoms with Crippen molar-refractivity contribution in [1.29, 1.82) is 0 Å². The normalized spacial score (nSPS) is 24.0. The van der Waals surface area contributed by atoms with Crippen LogP contribution < -0.4 is 5.32 Å². The van der Waals surface area contributed by atoms with Crippen molar-refractivity contribution in [3.8, 4) is 0 Å². The highest BCUT2D eigenvalue weighted by molar-refractivity contribution is 4.80. The Bertz CT molecular complexity index is 167. The van der Waals surface area contributed by atoms with Crippen LogP contribution in [0.1, 0.15) is 47.0 Å². The smallest absolute Gasteiger partial charge is 0.0192 e. The Morgan fingerprint density at radius 3 is 2.27 bits per heavy atom. The highest BCUT2D eigenvalue weighted by Crippen LogP contribution is 2.29. The number of likely N-dealkylation sites (tertiary alicyclic amines) is 1. The number of hydrogen-bond acceptors (Lipinski definition) is 2. The molecule has 1 unspecified atom stereocenters. The Hall–Kier alpha value is -0.0800. The molecule has 2 nitrogen and oxygen atoms in total. The average Bonchev–Trinajstić information content (AvgIpc) is 2.20. The quantitative estimate of drug-likeness (QED) is 0.753. The first-order valence-electron chi connectivity index (χ1n) is 6.53. The molecule has 1 N–H and O–H groups in total. The lowest BCUT2D eigenvalue weighted by atomic mass is 9.82. The van der Waals surface area contributed by atoms with Crippen LogP contribution in [-0.2, 0) is 0 Å². The standard InChI is InChI=1S/C13H28N2/c1-5-12(14-6-2)11-15-9-7-13(3,4)8-10-15/h12,14H,5-11H2,1-4H3. The predicted octanol–water partition coefficient (Wildman–Crippen LogP) is 2.50. The third-order valence-corrected chi connectivity index (χ3v) is 3.67. The van der Waals surface area contributed by atoms with E-state index in [9.17, 15) is 0 Å². The summed E-state index contributed by atoms with van der Waals surface area (Å²) in [6.45, 7) is 14.2. The molecular weight excluding hydrogens is 184 g/mol. The van der Waals surface area contributed by atoms with Crippen molar-refractivity contribution < 1.29 is 0 Å². The van der Waals surface area contributed by atoms with E-state index in [4.69, 9.17) is 0 Å². The van der Waals surface area contributed by atoms with Gasteiger partial charge in [0.1, 0.15) is 0 Å². The summed E-state index contributed by atoms with van der Waals surface area (Å²) in [6, 6.07) is 0.691. The third-order valence-electron chi connectivity index (χ3n) is 3.67. The molecule has 0 bridgehead atoms. The highest BCUT2D eigenvalue weighted by Gasteiger charge is 2.25. The summed E-state index contributed by atoms with van der Waals surface area (Å²) in [6.07, 6.45) is 3.96. The van der Waals surface area contributed by atoms with Crippen molar-refractivity contribution in [3.05, 3.63) is 0 Å². The van der Waals surface area contributed by atoms with Crippen LogP contribution >= 0.6 is 0 Å². The molecule has 15 heavy (non-hydrogen) atoms. The zero-order valence-corrected chi connectivity index (χ0v) is 11.0. The van der Waals surface area contributed by atoms with Crippen LogP contribution in [0.25, 0.3) is 0 Å². The van der Waals surface area contributed by atoms with E-state index in [1.807, 2.05) is 0 Å². The van der Waals surface area contributed by atoms with Crippen LogP contribution in [0.15, 0.2) is 0 Å². The fourth-order valence-electron chi connectivity index (χ4n) is 2.28. The van der Waals surface area contributed by atoms with Gasteiger partial charge < -0.3 is 10.2 Å². The molecule has 1 aliphatic heterocycles. The van der Waals surface area contributed by atoms with Gasteiger partial charge in [-0.1, -0.05) is 27.7 Å². The van der Waals surface area contributed by atoms with Crippen LogP contribution in [0, 0.1) is 5.41 Å². The number of rotatable bonds is 5. The zero-order valence-electron chi connectivity index (χ0n) is 11.0. The Morgan fingerprint density at radius 2 is 1.80 bits per heavy atom. The second-order valence-corrected chi connectivity index (χ2v) is 5.63. The van der Waals surface area contributed by atoms with Gasteiger partial charge in [0.2, 0.25) is 0 Å². The fourth-order valence-corrected chi connectivity index (χ4v) is 2.28. The summed E-state index contributed by atoms with van der Waals surface area (Å²) in [5.74, 6) is 0. The third kappa shape index (κ3) is 4.52. The molecule has 90 valence electrons. The molecule has 0 radical (unpaired) electrons. The number of piperidine rings is 1. The predicted molar refractivity (Wildman–Crippen MR) is 67.2 cm³/mol. The van der Waals surface area contributed by atoms with Gasteiger partial charge in [0.05, 0.1) is 0 Å². The first-order valence-corrected chi connectivity index (χ1v) is 6.53. The molecule has 0 aromatic heterocycles. The second kappa shape index (κ2) is 5.86. The molecule has 0 saturated carbocycles. The van der Waals surface area contributed by atoms with Gasteiger partial charge in [-0.05, 0) is 44.3 Å². The first-order chi connectivity index (χ1) is 7.07. The number of likely N-dealkylation sites (N-methyl/N-ethyl adjacent to an activating group) is 1. The van der Waals surface area contributed by atoms with Gasteiger partial charge >= 0.3 is 0 Å². The lowest BCUT2D eigenvalue weighted by Crippen LogP contribution is -2.45. The van der Waals surface area contributed by atoms with Gasteiger partial charge in [-0.25, -0.2) is 0 Å². The number of nitrogens with one attached hydrogen (secondary N) is 1. The Balaban J connectivity index is 2.28. The fraction of sp³-hybridized carbons (Fsp3) is 1.00. The molecule has 0 aliphatic carbocycles. The van der Waals surface area contributed by atoms with Crippen LogP contribution in [0.2, 0.25) is 0 Å². The molecule has 0 spiro atoms. The molecule has 1 aliphatic rings. The Labute approximate surface area is 95.4 Å². The lowest BCUT2D eigenvalue weighted by molar-refractivity contribution is 0.122. The summed E-state index contributed by atoms with van der Waals surface area (Å²) in [5.41, 5.74) is 0.580. The topological polar surface area (TPSA) is 15.3 Å². The maximum atomic E-state index is 3.56.